The molecule has 0 aromatic rings. The van der Waals surface area contributed by atoms with E-state index in [2.05, 4.69) is 5.32 Å². The number of fused-ring (bicyclic) bond motifs is 1. The van der Waals surface area contributed by atoms with Crippen LogP contribution in [0, 0.1) is 5.92 Å². The molecule has 0 aromatic heterocycles. The Bertz CT molecular complexity index is 171. The number of carbonyl (C=O) groups excluding carboxylic acids is 1. The minimum atomic E-state index is -0.277. The first-order chi connectivity index (χ1) is 5.27. The fourth-order valence-corrected chi connectivity index (χ4v) is 2.03. The van der Waals surface area contributed by atoms with Crippen LogP contribution in [0.4, 0.5) is 4.79 Å². The van der Waals surface area contributed by atoms with Gasteiger partial charge in [0, 0.05) is 19.1 Å². The van der Waals surface area contributed by atoms with Crippen LogP contribution in [0.1, 0.15) is 6.42 Å². The van der Waals surface area contributed by atoms with Crippen molar-refractivity contribution in [3.8, 4) is 0 Å². The highest BCUT2D eigenvalue weighted by molar-refractivity contribution is 5.72. The third-order valence-electron chi connectivity index (χ3n) is 2.67. The molecule has 11 heavy (non-hydrogen) atoms. The Morgan fingerprint density at radius 1 is 1.55 bits per heavy atom. The van der Waals surface area contributed by atoms with Gasteiger partial charge in [-0.25, -0.2) is 4.79 Å². The van der Waals surface area contributed by atoms with E-state index in [1.54, 1.807) is 4.90 Å². The molecule has 4 nitrogen and oxygen atoms in total. The number of hydrogen-bond donors (Lipinski definition) is 2. The van der Waals surface area contributed by atoms with Crippen molar-refractivity contribution in [1.82, 2.24) is 10.2 Å². The van der Waals surface area contributed by atoms with E-state index in [1.807, 2.05) is 0 Å². The summed E-state index contributed by atoms with van der Waals surface area (Å²) >= 11 is 0. The minimum Gasteiger partial charge on any atom is -0.351 e. The maximum atomic E-state index is 10.8. The third kappa shape index (κ3) is 1.07. The SMILES string of the molecule is NC(=O)N1CC2CCNC2C1. The Labute approximate surface area is 65.7 Å². The fourth-order valence-electron chi connectivity index (χ4n) is 2.03. The highest BCUT2D eigenvalue weighted by Gasteiger charge is 2.36. The zero-order valence-corrected chi connectivity index (χ0v) is 6.42. The Morgan fingerprint density at radius 3 is 3.00 bits per heavy atom. The second-order valence-electron chi connectivity index (χ2n) is 3.35. The lowest BCUT2D eigenvalue weighted by molar-refractivity contribution is 0.215. The van der Waals surface area contributed by atoms with Crippen molar-refractivity contribution in [3.63, 3.8) is 0 Å². The van der Waals surface area contributed by atoms with Crippen molar-refractivity contribution in [2.75, 3.05) is 19.6 Å². The molecule has 2 atom stereocenters. The number of primary amides is 1. The zero-order valence-electron chi connectivity index (χ0n) is 6.42. The molecule has 2 aliphatic heterocycles. The largest absolute Gasteiger partial charge is 0.351 e. The molecular formula is C7H13N3O. The van der Waals surface area contributed by atoms with Crippen LogP contribution in [-0.2, 0) is 0 Å². The van der Waals surface area contributed by atoms with Crippen LogP contribution in [0.25, 0.3) is 0 Å². The van der Waals surface area contributed by atoms with Gasteiger partial charge in [-0.05, 0) is 18.9 Å². The molecule has 3 N–H and O–H groups in total. The molecule has 2 fully saturated rings. The van der Waals surface area contributed by atoms with Crippen molar-refractivity contribution in [2.24, 2.45) is 11.7 Å². The zero-order chi connectivity index (χ0) is 7.84. The van der Waals surface area contributed by atoms with Crippen molar-refractivity contribution in [3.05, 3.63) is 0 Å². The van der Waals surface area contributed by atoms with Gasteiger partial charge in [-0.3, -0.25) is 0 Å². The summed E-state index contributed by atoms with van der Waals surface area (Å²) < 4.78 is 0. The number of carbonyl (C=O) groups is 1. The number of amides is 2. The lowest BCUT2D eigenvalue weighted by atomic mass is 10.1. The number of hydrogen-bond acceptors (Lipinski definition) is 2. The number of nitrogens with zero attached hydrogens (tertiary/aromatic N) is 1. The van der Waals surface area contributed by atoms with Crippen LogP contribution in [0.15, 0.2) is 0 Å². The maximum Gasteiger partial charge on any atom is 0.314 e. The predicted octanol–water partition coefficient (Wildman–Crippen LogP) is -0.641. The summed E-state index contributed by atoms with van der Waals surface area (Å²) in [4.78, 5) is 12.5. The van der Waals surface area contributed by atoms with Gasteiger partial charge in [-0.1, -0.05) is 0 Å². The van der Waals surface area contributed by atoms with E-state index in [0.717, 1.165) is 19.6 Å². The average molecular weight is 155 g/mol. The number of nitrogens with one attached hydrogen (secondary N) is 1. The topological polar surface area (TPSA) is 58.4 Å². The van der Waals surface area contributed by atoms with Crippen molar-refractivity contribution in [1.29, 1.82) is 0 Å². The van der Waals surface area contributed by atoms with Crippen molar-refractivity contribution >= 4 is 6.03 Å². The standard InChI is InChI=1S/C7H13N3O/c8-7(11)10-3-5-1-2-9-6(5)4-10/h5-6,9H,1-4H2,(H2,8,11). The highest BCUT2D eigenvalue weighted by atomic mass is 16.2. The number of nitrogens with two attached hydrogens (primary N) is 1. The molecule has 0 aliphatic carbocycles. The maximum absolute atomic E-state index is 10.8. The van der Waals surface area contributed by atoms with Gasteiger partial charge in [0.25, 0.3) is 0 Å². The van der Waals surface area contributed by atoms with Crippen LogP contribution in [0.2, 0.25) is 0 Å². The van der Waals surface area contributed by atoms with Gasteiger partial charge >= 0.3 is 6.03 Å². The molecule has 4 heteroatoms. The second kappa shape index (κ2) is 2.37. The molecule has 0 spiro atoms. The lowest BCUT2D eigenvalue weighted by Crippen LogP contribution is -2.37. The van der Waals surface area contributed by atoms with Gasteiger partial charge in [-0.2, -0.15) is 0 Å². The van der Waals surface area contributed by atoms with Crippen LogP contribution in [0.3, 0.4) is 0 Å². The van der Waals surface area contributed by atoms with Gasteiger partial charge in [0.15, 0.2) is 0 Å². The van der Waals surface area contributed by atoms with Gasteiger partial charge in [-0.15, -0.1) is 0 Å². The van der Waals surface area contributed by atoms with Crippen LogP contribution in [-0.4, -0.2) is 36.6 Å². The summed E-state index contributed by atoms with van der Waals surface area (Å²) in [6, 6.07) is 0.240. The van der Waals surface area contributed by atoms with E-state index in [1.165, 1.54) is 6.42 Å². The molecule has 2 aliphatic rings. The lowest BCUT2D eigenvalue weighted by Gasteiger charge is -2.13. The van der Waals surface area contributed by atoms with Crippen LogP contribution >= 0.6 is 0 Å². The van der Waals surface area contributed by atoms with Crippen molar-refractivity contribution in [2.45, 2.75) is 12.5 Å². The van der Waals surface area contributed by atoms with Crippen molar-refractivity contribution < 1.29 is 4.79 Å². The van der Waals surface area contributed by atoms with Gasteiger partial charge in [0.2, 0.25) is 0 Å². The quantitative estimate of drug-likeness (QED) is 0.489. The normalized spacial score (nSPS) is 35.8. The molecule has 2 rings (SSSR count). The Hall–Kier alpha value is -0.770. The summed E-state index contributed by atoms with van der Waals surface area (Å²) in [5.41, 5.74) is 5.16. The summed E-state index contributed by atoms with van der Waals surface area (Å²) in [7, 11) is 0. The van der Waals surface area contributed by atoms with Gasteiger partial charge in [0.05, 0.1) is 0 Å². The Kier molecular flexibility index (Phi) is 1.49. The summed E-state index contributed by atoms with van der Waals surface area (Å²) in [5.74, 6) is 0.655. The van der Waals surface area contributed by atoms with Gasteiger partial charge in [0.1, 0.15) is 0 Å². The fraction of sp³-hybridized carbons (Fsp3) is 0.857. The Morgan fingerprint density at radius 2 is 2.36 bits per heavy atom. The van der Waals surface area contributed by atoms with E-state index >= 15 is 0 Å². The molecule has 62 valence electrons. The molecular weight excluding hydrogens is 142 g/mol. The smallest absolute Gasteiger partial charge is 0.314 e. The molecule has 0 radical (unpaired) electrons. The minimum absolute atomic E-state index is 0.277. The van der Waals surface area contributed by atoms with Crippen LogP contribution in [0.5, 0.6) is 0 Å². The van der Waals surface area contributed by atoms with Gasteiger partial charge < -0.3 is 16.0 Å². The number of rotatable bonds is 0. The second-order valence-corrected chi connectivity index (χ2v) is 3.35. The van der Waals surface area contributed by atoms with E-state index in [9.17, 15) is 4.79 Å². The summed E-state index contributed by atoms with van der Waals surface area (Å²) in [5, 5.41) is 3.35. The molecule has 2 heterocycles. The molecule has 2 unspecified atom stereocenters. The van der Waals surface area contributed by atoms with Crippen LogP contribution < -0.4 is 11.1 Å². The number of urea groups is 1. The first-order valence-electron chi connectivity index (χ1n) is 4.05. The van der Waals surface area contributed by atoms with E-state index in [-0.39, 0.29) is 6.03 Å². The molecule has 0 aromatic carbocycles. The van der Waals surface area contributed by atoms with E-state index in [0.29, 0.717) is 12.0 Å². The first-order valence-corrected chi connectivity index (χ1v) is 4.05. The first kappa shape index (κ1) is 6.91. The highest BCUT2D eigenvalue weighted by Crippen LogP contribution is 2.23. The third-order valence-corrected chi connectivity index (χ3v) is 2.67. The van der Waals surface area contributed by atoms with E-state index < -0.39 is 0 Å². The summed E-state index contributed by atoms with van der Waals surface area (Å²) in [6.45, 7) is 2.76. The summed E-state index contributed by atoms with van der Waals surface area (Å²) in [6.07, 6.45) is 1.19. The predicted molar refractivity (Wildman–Crippen MR) is 41.1 cm³/mol. The number of likely N-dealkylation sites (tertiary alicyclic amines) is 1. The van der Waals surface area contributed by atoms with E-state index in [4.69, 9.17) is 5.73 Å². The molecule has 2 saturated heterocycles. The monoisotopic (exact) mass is 155 g/mol. The average Bonchev–Trinajstić information content (AvgIpc) is 2.40. The Balaban J connectivity index is 1.99. The molecule has 0 bridgehead atoms. The molecule has 2 amide bonds. The molecule has 0 saturated carbocycles.